The number of nitrogens with zero attached hydrogens (tertiary/aromatic N) is 2. The Morgan fingerprint density at radius 3 is 2.36 bits per heavy atom. The Morgan fingerprint density at radius 1 is 1.00 bits per heavy atom. The van der Waals surface area contributed by atoms with Gasteiger partial charge in [-0.05, 0) is 60.6 Å². The topological polar surface area (TPSA) is 60.9 Å². The molecule has 4 rings (SSSR count). The van der Waals surface area contributed by atoms with E-state index in [0.29, 0.717) is 17.9 Å². The second-order valence-corrected chi connectivity index (χ2v) is 7.78. The van der Waals surface area contributed by atoms with Crippen LogP contribution < -0.4 is 4.90 Å². The second kappa shape index (κ2) is 8.15. The van der Waals surface area contributed by atoms with Crippen molar-refractivity contribution >= 4 is 17.5 Å². The number of hydrogen-bond acceptors (Lipinski definition) is 3. The lowest BCUT2D eigenvalue weighted by molar-refractivity contribution is -0.117. The summed E-state index contributed by atoms with van der Waals surface area (Å²) in [6.45, 7) is 2.38. The van der Waals surface area contributed by atoms with Crippen LogP contribution in [0.25, 0.3) is 0 Å². The van der Waals surface area contributed by atoms with E-state index < -0.39 is 0 Å². The minimum absolute atomic E-state index is 0.0662. The maximum absolute atomic E-state index is 12.8. The molecule has 2 heterocycles. The molecule has 28 heavy (non-hydrogen) atoms. The minimum Gasteiger partial charge on any atom is -0.392 e. The Morgan fingerprint density at radius 2 is 1.71 bits per heavy atom. The average molecular weight is 378 g/mol. The van der Waals surface area contributed by atoms with Crippen LogP contribution in [0, 0.1) is 5.92 Å². The normalized spacial score (nSPS) is 19.5. The standard InChI is InChI=1S/C23H26N2O3/c26-16-18-5-3-17(4-6-18)14-19-11-13-24(15-19)23(28)20-7-9-21(10-8-20)25-12-1-2-22(25)27/h3-10,19,26H,1-2,11-16H2. The molecule has 0 radical (unpaired) electrons. The van der Waals surface area contributed by atoms with E-state index in [-0.39, 0.29) is 18.4 Å². The van der Waals surface area contributed by atoms with Gasteiger partial charge in [-0.25, -0.2) is 0 Å². The second-order valence-electron chi connectivity index (χ2n) is 7.78. The first-order valence-electron chi connectivity index (χ1n) is 10.0. The largest absolute Gasteiger partial charge is 0.392 e. The molecule has 2 fully saturated rings. The SMILES string of the molecule is O=C(c1ccc(N2CCCC2=O)cc1)N1CCC(Cc2ccc(CO)cc2)C1. The average Bonchev–Trinajstić information content (AvgIpc) is 3.37. The Hall–Kier alpha value is -2.66. The molecule has 2 amide bonds. The van der Waals surface area contributed by atoms with Crippen LogP contribution in [0.2, 0.25) is 0 Å². The van der Waals surface area contributed by atoms with Crippen LogP contribution in [-0.2, 0) is 17.8 Å². The van der Waals surface area contributed by atoms with Gasteiger partial charge in [0.1, 0.15) is 0 Å². The summed E-state index contributed by atoms with van der Waals surface area (Å²) >= 11 is 0. The first kappa shape index (κ1) is 18.7. The van der Waals surface area contributed by atoms with Gasteiger partial charge in [0.25, 0.3) is 5.91 Å². The number of aliphatic hydroxyl groups excluding tert-OH is 1. The van der Waals surface area contributed by atoms with Gasteiger partial charge in [-0.1, -0.05) is 24.3 Å². The van der Waals surface area contributed by atoms with Crippen molar-refractivity contribution in [2.45, 2.75) is 32.3 Å². The highest BCUT2D eigenvalue weighted by Gasteiger charge is 2.27. The molecule has 0 aromatic heterocycles. The summed E-state index contributed by atoms with van der Waals surface area (Å²) in [4.78, 5) is 28.4. The summed E-state index contributed by atoms with van der Waals surface area (Å²) in [6, 6.07) is 15.5. The molecule has 2 aliphatic rings. The zero-order valence-corrected chi connectivity index (χ0v) is 16.0. The molecule has 0 bridgehead atoms. The number of aliphatic hydroxyl groups is 1. The Kier molecular flexibility index (Phi) is 5.44. The van der Waals surface area contributed by atoms with Crippen LogP contribution >= 0.6 is 0 Å². The Balaban J connectivity index is 1.35. The van der Waals surface area contributed by atoms with Crippen molar-refractivity contribution in [2.24, 2.45) is 5.92 Å². The molecule has 0 saturated carbocycles. The fourth-order valence-corrected chi connectivity index (χ4v) is 4.19. The summed E-state index contributed by atoms with van der Waals surface area (Å²) in [7, 11) is 0. The van der Waals surface area contributed by atoms with Crippen molar-refractivity contribution < 1.29 is 14.7 Å². The summed E-state index contributed by atoms with van der Waals surface area (Å²) < 4.78 is 0. The van der Waals surface area contributed by atoms with Crippen molar-refractivity contribution in [2.75, 3.05) is 24.5 Å². The zero-order chi connectivity index (χ0) is 19.5. The molecule has 5 nitrogen and oxygen atoms in total. The third-order valence-corrected chi connectivity index (χ3v) is 5.80. The van der Waals surface area contributed by atoms with Gasteiger partial charge < -0.3 is 14.9 Å². The molecular formula is C23H26N2O3. The molecule has 2 aliphatic heterocycles. The lowest BCUT2D eigenvalue weighted by atomic mass is 9.98. The van der Waals surface area contributed by atoms with E-state index >= 15 is 0 Å². The van der Waals surface area contributed by atoms with Crippen molar-refractivity contribution in [3.8, 4) is 0 Å². The first-order chi connectivity index (χ1) is 13.6. The molecule has 5 heteroatoms. The van der Waals surface area contributed by atoms with Gasteiger partial charge in [0, 0.05) is 37.3 Å². The summed E-state index contributed by atoms with van der Waals surface area (Å²) in [6.07, 6.45) is 3.47. The van der Waals surface area contributed by atoms with Crippen molar-refractivity contribution in [3.63, 3.8) is 0 Å². The third-order valence-electron chi connectivity index (χ3n) is 5.80. The van der Waals surface area contributed by atoms with E-state index in [2.05, 4.69) is 12.1 Å². The van der Waals surface area contributed by atoms with Gasteiger partial charge in [-0.2, -0.15) is 0 Å². The monoisotopic (exact) mass is 378 g/mol. The van der Waals surface area contributed by atoms with Gasteiger partial charge in [0.2, 0.25) is 5.91 Å². The predicted octanol–water partition coefficient (Wildman–Crippen LogP) is 3.01. The lowest BCUT2D eigenvalue weighted by Crippen LogP contribution is -2.29. The van der Waals surface area contributed by atoms with Crippen LogP contribution in [0.1, 0.15) is 40.7 Å². The van der Waals surface area contributed by atoms with Gasteiger partial charge >= 0.3 is 0 Å². The predicted molar refractivity (Wildman–Crippen MR) is 108 cm³/mol. The first-order valence-corrected chi connectivity index (χ1v) is 10.0. The molecule has 0 spiro atoms. The Bertz CT molecular complexity index is 845. The van der Waals surface area contributed by atoms with Crippen LogP contribution in [0.5, 0.6) is 0 Å². The van der Waals surface area contributed by atoms with Crippen molar-refractivity contribution in [1.82, 2.24) is 4.90 Å². The third kappa shape index (κ3) is 3.94. The number of rotatable bonds is 5. The van der Waals surface area contributed by atoms with Crippen LogP contribution in [0.4, 0.5) is 5.69 Å². The van der Waals surface area contributed by atoms with Crippen molar-refractivity contribution in [1.29, 1.82) is 0 Å². The van der Waals surface area contributed by atoms with Crippen LogP contribution in [0.3, 0.4) is 0 Å². The lowest BCUT2D eigenvalue weighted by Gasteiger charge is -2.19. The highest BCUT2D eigenvalue weighted by Crippen LogP contribution is 2.25. The van der Waals surface area contributed by atoms with Crippen LogP contribution in [-0.4, -0.2) is 41.5 Å². The molecule has 2 aromatic carbocycles. The molecule has 2 saturated heterocycles. The number of benzene rings is 2. The highest BCUT2D eigenvalue weighted by atomic mass is 16.3. The maximum atomic E-state index is 12.8. The fraction of sp³-hybridized carbons (Fsp3) is 0.391. The van der Waals surface area contributed by atoms with E-state index in [4.69, 9.17) is 5.11 Å². The zero-order valence-electron chi connectivity index (χ0n) is 16.0. The number of likely N-dealkylation sites (tertiary alicyclic amines) is 1. The van der Waals surface area contributed by atoms with Gasteiger partial charge in [-0.15, -0.1) is 0 Å². The van der Waals surface area contributed by atoms with Gasteiger partial charge in [0.05, 0.1) is 6.61 Å². The molecule has 1 unspecified atom stereocenters. The summed E-state index contributed by atoms with van der Waals surface area (Å²) in [5.74, 6) is 0.691. The molecular weight excluding hydrogens is 352 g/mol. The van der Waals surface area contributed by atoms with E-state index in [0.717, 1.165) is 50.1 Å². The van der Waals surface area contributed by atoms with Crippen molar-refractivity contribution in [3.05, 3.63) is 65.2 Å². The summed E-state index contributed by atoms with van der Waals surface area (Å²) in [5.41, 5.74) is 3.73. The minimum atomic E-state index is 0.0662. The number of hydrogen-bond donors (Lipinski definition) is 1. The summed E-state index contributed by atoms with van der Waals surface area (Å²) in [5, 5.41) is 9.14. The fourth-order valence-electron chi connectivity index (χ4n) is 4.19. The number of amides is 2. The van der Waals surface area contributed by atoms with E-state index in [1.807, 2.05) is 41.3 Å². The number of carbonyl (C=O) groups is 2. The Labute approximate surface area is 165 Å². The van der Waals surface area contributed by atoms with Gasteiger partial charge in [0.15, 0.2) is 0 Å². The molecule has 1 N–H and O–H groups in total. The van der Waals surface area contributed by atoms with Gasteiger partial charge in [-0.3, -0.25) is 9.59 Å². The smallest absolute Gasteiger partial charge is 0.253 e. The number of carbonyl (C=O) groups excluding carboxylic acids is 2. The molecule has 1 atom stereocenters. The maximum Gasteiger partial charge on any atom is 0.253 e. The van der Waals surface area contributed by atoms with E-state index in [1.165, 1.54) is 5.56 Å². The van der Waals surface area contributed by atoms with E-state index in [1.54, 1.807) is 4.90 Å². The van der Waals surface area contributed by atoms with E-state index in [9.17, 15) is 9.59 Å². The quantitative estimate of drug-likeness (QED) is 0.870. The molecule has 2 aromatic rings. The molecule has 146 valence electrons. The number of anilines is 1. The van der Waals surface area contributed by atoms with Crippen LogP contribution in [0.15, 0.2) is 48.5 Å². The highest BCUT2D eigenvalue weighted by molar-refractivity contribution is 5.97. The molecule has 0 aliphatic carbocycles.